The van der Waals surface area contributed by atoms with Gasteiger partial charge in [-0.2, -0.15) is 9.29 Å². The van der Waals surface area contributed by atoms with E-state index in [1.165, 1.54) is 43.1 Å². The van der Waals surface area contributed by atoms with Gasteiger partial charge in [0.25, 0.3) is 0 Å². The van der Waals surface area contributed by atoms with Gasteiger partial charge in [-0.3, -0.25) is 4.98 Å². The molecule has 3 heterocycles. The molecule has 146 valence electrons. The lowest BCUT2D eigenvalue weighted by molar-refractivity contribution is 0.216. The van der Waals surface area contributed by atoms with Crippen LogP contribution in [0.1, 0.15) is 11.8 Å². The van der Waals surface area contributed by atoms with Crippen molar-refractivity contribution in [2.45, 2.75) is 10.8 Å². The smallest absolute Gasteiger partial charge is 0.243 e. The summed E-state index contributed by atoms with van der Waals surface area (Å²) in [5.41, 5.74) is 0.492. The van der Waals surface area contributed by atoms with Gasteiger partial charge in [0.05, 0.1) is 31.2 Å². The molecule has 0 saturated carbocycles. The third-order valence-corrected chi connectivity index (χ3v) is 6.25. The highest BCUT2D eigenvalue weighted by molar-refractivity contribution is 7.89. The first-order valence-electron chi connectivity index (χ1n) is 8.35. The van der Waals surface area contributed by atoms with Crippen molar-refractivity contribution in [3.8, 4) is 23.0 Å². The summed E-state index contributed by atoms with van der Waals surface area (Å²) in [6, 6.07) is 4.50. The number of nitrogens with zero attached hydrogens (tertiary/aromatic N) is 5. The average Bonchev–Trinajstić information content (AvgIpc) is 3.16. The zero-order chi connectivity index (χ0) is 19.7. The van der Waals surface area contributed by atoms with E-state index >= 15 is 0 Å². The van der Waals surface area contributed by atoms with Crippen molar-refractivity contribution in [2.75, 3.05) is 27.3 Å². The lowest BCUT2D eigenvalue weighted by Crippen LogP contribution is -2.48. The predicted octanol–water partition coefficient (Wildman–Crippen LogP) is 1.33. The van der Waals surface area contributed by atoms with Crippen LogP contribution in [0.2, 0.25) is 0 Å². The minimum atomic E-state index is -3.66. The summed E-state index contributed by atoms with van der Waals surface area (Å²) in [6.07, 6.45) is 4.61. The highest BCUT2D eigenvalue weighted by atomic mass is 32.2. The van der Waals surface area contributed by atoms with E-state index in [9.17, 15) is 8.42 Å². The topological polar surface area (TPSA) is 121 Å². The molecule has 1 saturated heterocycles. The molecule has 1 aliphatic heterocycles. The van der Waals surface area contributed by atoms with Crippen molar-refractivity contribution in [2.24, 2.45) is 0 Å². The first-order valence-corrected chi connectivity index (χ1v) is 9.79. The number of hydrogen-bond donors (Lipinski definition) is 0. The van der Waals surface area contributed by atoms with E-state index in [1.807, 2.05) is 0 Å². The predicted molar refractivity (Wildman–Crippen MR) is 96.4 cm³/mol. The third-order valence-electron chi connectivity index (χ3n) is 4.42. The summed E-state index contributed by atoms with van der Waals surface area (Å²) in [5.74, 6) is 1.34. The monoisotopic (exact) mass is 403 g/mol. The van der Waals surface area contributed by atoms with Crippen LogP contribution in [0.3, 0.4) is 0 Å². The summed E-state index contributed by atoms with van der Waals surface area (Å²) in [5, 5.41) is 3.89. The van der Waals surface area contributed by atoms with Gasteiger partial charge in [0.2, 0.25) is 21.7 Å². The average molecular weight is 403 g/mol. The summed E-state index contributed by atoms with van der Waals surface area (Å²) in [7, 11) is -0.712. The molecule has 10 nitrogen and oxygen atoms in total. The molecule has 0 amide bonds. The van der Waals surface area contributed by atoms with Gasteiger partial charge in [-0.05, 0) is 12.1 Å². The molecule has 28 heavy (non-hydrogen) atoms. The summed E-state index contributed by atoms with van der Waals surface area (Å²) in [6.45, 7) is 0.498. The Labute approximate surface area is 161 Å². The minimum Gasteiger partial charge on any atom is -0.493 e. The SMILES string of the molecule is COc1ccc(S(=O)(=O)N2CC(c3nc(-c4cnccn4)no3)C2)cc1OC. The Morgan fingerprint density at radius 1 is 1.14 bits per heavy atom. The van der Waals surface area contributed by atoms with Crippen LogP contribution >= 0.6 is 0 Å². The highest BCUT2D eigenvalue weighted by Crippen LogP contribution is 2.35. The number of methoxy groups -OCH3 is 2. The fourth-order valence-electron chi connectivity index (χ4n) is 2.84. The van der Waals surface area contributed by atoms with Crippen molar-refractivity contribution < 1.29 is 22.4 Å². The van der Waals surface area contributed by atoms with Crippen LogP contribution in [-0.4, -0.2) is 60.1 Å². The molecule has 1 fully saturated rings. The van der Waals surface area contributed by atoms with Gasteiger partial charge in [0.1, 0.15) is 5.69 Å². The lowest BCUT2D eigenvalue weighted by atomic mass is 10.0. The quantitative estimate of drug-likeness (QED) is 0.600. The minimum absolute atomic E-state index is 0.134. The Balaban J connectivity index is 1.48. The van der Waals surface area contributed by atoms with Gasteiger partial charge < -0.3 is 14.0 Å². The molecule has 0 bridgehead atoms. The van der Waals surface area contributed by atoms with Gasteiger partial charge in [-0.1, -0.05) is 5.16 Å². The molecular formula is C17H17N5O5S. The highest BCUT2D eigenvalue weighted by Gasteiger charge is 2.40. The first-order chi connectivity index (χ1) is 13.5. The van der Waals surface area contributed by atoms with Crippen molar-refractivity contribution in [3.63, 3.8) is 0 Å². The van der Waals surface area contributed by atoms with Gasteiger partial charge in [-0.25, -0.2) is 13.4 Å². The molecule has 0 aliphatic carbocycles. The second-order valence-corrected chi connectivity index (χ2v) is 8.02. The molecule has 4 rings (SSSR count). The Hall–Kier alpha value is -3.05. The molecule has 0 spiro atoms. The van der Waals surface area contributed by atoms with E-state index in [0.717, 1.165) is 0 Å². The van der Waals surface area contributed by atoms with E-state index in [-0.39, 0.29) is 23.9 Å². The molecule has 0 N–H and O–H groups in total. The fourth-order valence-corrected chi connectivity index (χ4v) is 4.38. The Morgan fingerprint density at radius 2 is 1.93 bits per heavy atom. The maximum atomic E-state index is 12.8. The molecular weight excluding hydrogens is 386 g/mol. The van der Waals surface area contributed by atoms with E-state index in [4.69, 9.17) is 14.0 Å². The molecule has 3 aromatic rings. The van der Waals surface area contributed by atoms with Crippen LogP contribution in [0.4, 0.5) is 0 Å². The van der Waals surface area contributed by atoms with Gasteiger partial charge in [0.15, 0.2) is 11.5 Å². The molecule has 11 heteroatoms. The molecule has 0 radical (unpaired) electrons. The fraction of sp³-hybridized carbons (Fsp3) is 0.294. The number of sulfonamides is 1. The Morgan fingerprint density at radius 3 is 2.61 bits per heavy atom. The maximum absolute atomic E-state index is 12.8. The maximum Gasteiger partial charge on any atom is 0.243 e. The largest absolute Gasteiger partial charge is 0.493 e. The first kappa shape index (κ1) is 18.3. The molecule has 1 aliphatic rings. The lowest BCUT2D eigenvalue weighted by Gasteiger charge is -2.35. The van der Waals surface area contributed by atoms with E-state index in [1.54, 1.807) is 12.3 Å². The van der Waals surface area contributed by atoms with Crippen molar-refractivity contribution in [1.82, 2.24) is 24.4 Å². The normalized spacial score (nSPS) is 15.2. The van der Waals surface area contributed by atoms with Gasteiger partial charge >= 0.3 is 0 Å². The molecule has 1 aromatic carbocycles. The van der Waals surface area contributed by atoms with E-state index in [0.29, 0.717) is 28.9 Å². The van der Waals surface area contributed by atoms with Gasteiger partial charge in [-0.15, -0.1) is 0 Å². The van der Waals surface area contributed by atoms with Crippen LogP contribution in [0, 0.1) is 0 Å². The van der Waals surface area contributed by atoms with Gasteiger partial charge in [0, 0.05) is 31.5 Å². The second kappa shape index (κ2) is 7.17. The Kier molecular flexibility index (Phi) is 4.69. The van der Waals surface area contributed by atoms with Crippen molar-refractivity contribution >= 4 is 10.0 Å². The number of ether oxygens (including phenoxy) is 2. The molecule has 0 unspecified atom stereocenters. The third kappa shape index (κ3) is 3.18. The van der Waals surface area contributed by atoms with E-state index in [2.05, 4.69) is 20.1 Å². The number of aromatic nitrogens is 4. The summed E-state index contributed by atoms with van der Waals surface area (Å²) >= 11 is 0. The Bertz CT molecular complexity index is 1080. The van der Waals surface area contributed by atoms with Crippen molar-refractivity contribution in [1.29, 1.82) is 0 Å². The molecule has 2 aromatic heterocycles. The summed E-state index contributed by atoms with van der Waals surface area (Å²) < 4.78 is 42.6. The number of rotatable bonds is 6. The summed E-state index contributed by atoms with van der Waals surface area (Å²) in [4.78, 5) is 12.5. The van der Waals surface area contributed by atoms with E-state index < -0.39 is 10.0 Å². The van der Waals surface area contributed by atoms with Crippen LogP contribution in [-0.2, 0) is 10.0 Å². The van der Waals surface area contributed by atoms with Crippen molar-refractivity contribution in [3.05, 3.63) is 42.7 Å². The van der Waals surface area contributed by atoms with Crippen LogP contribution in [0.15, 0.2) is 46.2 Å². The number of hydrogen-bond acceptors (Lipinski definition) is 9. The van der Waals surface area contributed by atoms with Crippen LogP contribution in [0.25, 0.3) is 11.5 Å². The zero-order valence-electron chi connectivity index (χ0n) is 15.1. The van der Waals surface area contributed by atoms with Crippen LogP contribution in [0.5, 0.6) is 11.5 Å². The van der Waals surface area contributed by atoms with Crippen LogP contribution < -0.4 is 9.47 Å². The zero-order valence-corrected chi connectivity index (χ0v) is 16.0. The number of benzene rings is 1. The molecule has 0 atom stereocenters. The standard InChI is InChI=1S/C17H17N5O5S/c1-25-14-4-3-12(7-15(14)26-2)28(23,24)22-9-11(10-22)17-20-16(21-27-17)13-8-18-5-6-19-13/h3-8,11H,9-10H2,1-2H3. The second-order valence-electron chi connectivity index (χ2n) is 6.08.